The van der Waals surface area contributed by atoms with Crippen LogP contribution < -0.4 is 5.32 Å². The summed E-state index contributed by atoms with van der Waals surface area (Å²) >= 11 is 0. The summed E-state index contributed by atoms with van der Waals surface area (Å²) in [6, 6.07) is 19.4. The molecular formula is C21H15NO2. The Hall–Kier alpha value is -3.33. The van der Waals surface area contributed by atoms with E-state index in [2.05, 4.69) is 11.9 Å². The molecule has 0 saturated heterocycles. The summed E-state index contributed by atoms with van der Waals surface area (Å²) in [4.78, 5) is 12.2. The van der Waals surface area contributed by atoms with Crippen LogP contribution in [0, 0.1) is 0 Å². The van der Waals surface area contributed by atoms with Crippen molar-refractivity contribution in [3.63, 3.8) is 0 Å². The maximum absolute atomic E-state index is 12.2. The summed E-state index contributed by atoms with van der Waals surface area (Å²) in [5, 5.41) is 2.86. The molecule has 0 aliphatic carbocycles. The van der Waals surface area contributed by atoms with Crippen LogP contribution in [0.25, 0.3) is 29.0 Å². The SMILES string of the molecule is C=Cc1cccc(-c2ccc(C=C3C(=O)Nc4ccccc43)o2)c1. The molecule has 0 saturated carbocycles. The lowest BCUT2D eigenvalue weighted by Gasteiger charge is -1.99. The molecule has 1 aromatic heterocycles. The van der Waals surface area contributed by atoms with E-state index in [0.29, 0.717) is 11.3 Å². The van der Waals surface area contributed by atoms with E-state index in [1.807, 2.05) is 60.7 Å². The van der Waals surface area contributed by atoms with Gasteiger partial charge in [-0.2, -0.15) is 0 Å². The van der Waals surface area contributed by atoms with Gasteiger partial charge in [-0.05, 0) is 35.9 Å². The number of hydrogen-bond donors (Lipinski definition) is 1. The quantitative estimate of drug-likeness (QED) is 0.685. The highest BCUT2D eigenvalue weighted by molar-refractivity contribution is 6.34. The van der Waals surface area contributed by atoms with Gasteiger partial charge in [-0.25, -0.2) is 0 Å². The smallest absolute Gasteiger partial charge is 0.256 e. The third-order valence-corrected chi connectivity index (χ3v) is 4.03. The normalized spacial score (nSPS) is 14.5. The lowest BCUT2D eigenvalue weighted by atomic mass is 10.1. The van der Waals surface area contributed by atoms with Crippen molar-refractivity contribution in [2.45, 2.75) is 0 Å². The second-order valence-corrected chi connectivity index (χ2v) is 5.59. The maximum atomic E-state index is 12.2. The van der Waals surface area contributed by atoms with Crippen molar-refractivity contribution in [2.75, 3.05) is 5.32 Å². The van der Waals surface area contributed by atoms with E-state index in [1.165, 1.54) is 0 Å². The van der Waals surface area contributed by atoms with E-state index in [9.17, 15) is 4.79 Å². The first-order valence-corrected chi connectivity index (χ1v) is 7.70. The highest BCUT2D eigenvalue weighted by Gasteiger charge is 2.23. The van der Waals surface area contributed by atoms with E-state index in [-0.39, 0.29) is 5.91 Å². The number of benzene rings is 2. The minimum absolute atomic E-state index is 0.109. The molecule has 3 heteroatoms. The van der Waals surface area contributed by atoms with Crippen molar-refractivity contribution in [3.05, 3.63) is 84.1 Å². The number of fused-ring (bicyclic) bond motifs is 1. The van der Waals surface area contributed by atoms with E-state index >= 15 is 0 Å². The van der Waals surface area contributed by atoms with E-state index in [0.717, 1.165) is 28.1 Å². The maximum Gasteiger partial charge on any atom is 0.256 e. The molecule has 1 aliphatic rings. The fraction of sp³-hybridized carbons (Fsp3) is 0. The van der Waals surface area contributed by atoms with Crippen LogP contribution in [0.1, 0.15) is 16.9 Å². The van der Waals surface area contributed by atoms with Gasteiger partial charge >= 0.3 is 0 Å². The standard InChI is InChI=1S/C21H15NO2/c1-2-14-6-5-7-15(12-14)20-11-10-16(24-20)13-18-17-8-3-4-9-19(17)22-21(18)23/h2-13H,1H2,(H,22,23). The van der Waals surface area contributed by atoms with Gasteiger partial charge in [-0.3, -0.25) is 4.79 Å². The number of hydrogen-bond acceptors (Lipinski definition) is 2. The fourth-order valence-electron chi connectivity index (χ4n) is 2.83. The molecule has 0 bridgehead atoms. The van der Waals surface area contributed by atoms with E-state index in [4.69, 9.17) is 4.42 Å². The Balaban J connectivity index is 1.71. The second-order valence-electron chi connectivity index (χ2n) is 5.59. The first-order chi connectivity index (χ1) is 11.7. The molecule has 0 fully saturated rings. The number of anilines is 1. The fourth-order valence-corrected chi connectivity index (χ4v) is 2.83. The van der Waals surface area contributed by atoms with Crippen LogP contribution in [-0.2, 0) is 4.79 Å². The molecule has 116 valence electrons. The van der Waals surface area contributed by atoms with Crippen LogP contribution in [0.3, 0.4) is 0 Å². The van der Waals surface area contributed by atoms with Crippen molar-refractivity contribution in [1.82, 2.24) is 0 Å². The van der Waals surface area contributed by atoms with Crippen molar-refractivity contribution < 1.29 is 9.21 Å². The Labute approximate surface area is 139 Å². The molecule has 0 spiro atoms. The van der Waals surface area contributed by atoms with Crippen LogP contribution in [0.2, 0.25) is 0 Å². The van der Waals surface area contributed by atoms with Gasteiger partial charge in [0.2, 0.25) is 0 Å². The number of furan rings is 1. The average Bonchev–Trinajstić information content (AvgIpc) is 3.20. The summed E-state index contributed by atoms with van der Waals surface area (Å²) in [6.45, 7) is 3.78. The number of carbonyl (C=O) groups is 1. The third-order valence-electron chi connectivity index (χ3n) is 4.03. The summed E-state index contributed by atoms with van der Waals surface area (Å²) in [5.74, 6) is 1.30. The summed E-state index contributed by atoms with van der Waals surface area (Å²) < 4.78 is 5.90. The Morgan fingerprint density at radius 3 is 2.75 bits per heavy atom. The van der Waals surface area contributed by atoms with E-state index in [1.54, 1.807) is 12.2 Å². The van der Waals surface area contributed by atoms with Crippen molar-refractivity contribution >= 4 is 29.3 Å². The Morgan fingerprint density at radius 2 is 1.88 bits per heavy atom. The monoisotopic (exact) mass is 313 g/mol. The van der Waals surface area contributed by atoms with Gasteiger partial charge in [0.1, 0.15) is 11.5 Å². The lowest BCUT2D eigenvalue weighted by Crippen LogP contribution is -2.03. The number of nitrogens with one attached hydrogen (secondary N) is 1. The molecule has 1 aliphatic heterocycles. The number of carbonyl (C=O) groups excluding carboxylic acids is 1. The highest BCUT2D eigenvalue weighted by Crippen LogP contribution is 2.33. The van der Waals surface area contributed by atoms with Crippen molar-refractivity contribution in [1.29, 1.82) is 0 Å². The first-order valence-electron chi connectivity index (χ1n) is 7.70. The van der Waals surface area contributed by atoms with Crippen molar-refractivity contribution in [2.24, 2.45) is 0 Å². The molecule has 2 heterocycles. The molecule has 2 aromatic carbocycles. The van der Waals surface area contributed by atoms with Gasteiger partial charge in [-0.1, -0.05) is 49.1 Å². The predicted molar refractivity (Wildman–Crippen MR) is 97.2 cm³/mol. The zero-order chi connectivity index (χ0) is 16.5. The van der Waals surface area contributed by atoms with Gasteiger partial charge in [0.15, 0.2) is 0 Å². The topological polar surface area (TPSA) is 42.2 Å². The number of para-hydroxylation sites is 1. The van der Waals surface area contributed by atoms with Crippen LogP contribution in [0.4, 0.5) is 5.69 Å². The molecule has 1 N–H and O–H groups in total. The van der Waals surface area contributed by atoms with Gasteiger partial charge in [-0.15, -0.1) is 0 Å². The van der Waals surface area contributed by atoms with Crippen LogP contribution in [0.5, 0.6) is 0 Å². The molecule has 1 amide bonds. The largest absolute Gasteiger partial charge is 0.457 e. The minimum Gasteiger partial charge on any atom is -0.457 e. The zero-order valence-electron chi connectivity index (χ0n) is 13.0. The van der Waals surface area contributed by atoms with Gasteiger partial charge < -0.3 is 9.73 Å². The summed E-state index contributed by atoms with van der Waals surface area (Å²) in [6.07, 6.45) is 3.58. The van der Waals surface area contributed by atoms with E-state index < -0.39 is 0 Å². The molecule has 3 nitrogen and oxygen atoms in total. The third kappa shape index (κ3) is 2.46. The molecular weight excluding hydrogens is 298 g/mol. The van der Waals surface area contributed by atoms with Gasteiger partial charge in [0, 0.05) is 16.8 Å². The number of amides is 1. The molecule has 24 heavy (non-hydrogen) atoms. The van der Waals surface area contributed by atoms with Crippen LogP contribution in [0.15, 0.2) is 71.7 Å². The highest BCUT2D eigenvalue weighted by atomic mass is 16.3. The molecule has 0 atom stereocenters. The lowest BCUT2D eigenvalue weighted by molar-refractivity contribution is -0.110. The van der Waals surface area contributed by atoms with Gasteiger partial charge in [0.05, 0.1) is 5.57 Å². The van der Waals surface area contributed by atoms with Crippen molar-refractivity contribution in [3.8, 4) is 11.3 Å². The van der Waals surface area contributed by atoms with Gasteiger partial charge in [0.25, 0.3) is 5.91 Å². The van der Waals surface area contributed by atoms with Crippen LogP contribution >= 0.6 is 0 Å². The Kier molecular flexibility index (Phi) is 3.39. The molecule has 3 aromatic rings. The Morgan fingerprint density at radius 1 is 1.00 bits per heavy atom. The molecule has 0 unspecified atom stereocenters. The number of rotatable bonds is 3. The predicted octanol–water partition coefficient (Wildman–Crippen LogP) is 5.08. The Bertz CT molecular complexity index is 979. The molecule has 0 radical (unpaired) electrons. The molecule has 4 rings (SSSR count). The summed E-state index contributed by atoms with van der Waals surface area (Å²) in [5.41, 5.74) is 4.36. The average molecular weight is 313 g/mol. The first kappa shape index (κ1) is 14.3. The summed E-state index contributed by atoms with van der Waals surface area (Å²) in [7, 11) is 0. The minimum atomic E-state index is -0.109. The second kappa shape index (κ2) is 5.70. The zero-order valence-corrected chi connectivity index (χ0v) is 13.0. The van der Waals surface area contributed by atoms with Crippen LogP contribution in [-0.4, -0.2) is 5.91 Å².